The summed E-state index contributed by atoms with van der Waals surface area (Å²) in [6, 6.07) is 0. The van der Waals surface area contributed by atoms with Gasteiger partial charge in [0.2, 0.25) is 0 Å². The Hall–Kier alpha value is -2.86. The lowest BCUT2D eigenvalue weighted by Crippen LogP contribution is -2.53. The topological polar surface area (TPSA) is 191 Å². The van der Waals surface area contributed by atoms with Gasteiger partial charge in [0.25, 0.3) is 0 Å². The highest BCUT2D eigenvalue weighted by molar-refractivity contribution is 5.98. The molecule has 2 saturated heterocycles. The number of carboxylic acids is 1. The van der Waals surface area contributed by atoms with Gasteiger partial charge < -0.3 is 29.5 Å². The van der Waals surface area contributed by atoms with E-state index in [1.165, 1.54) is 0 Å². The minimum Gasteiger partial charge on any atom is -0.481 e. The summed E-state index contributed by atoms with van der Waals surface area (Å²) in [7, 11) is 0. The fourth-order valence-corrected chi connectivity index (χ4v) is 17.7. The molecule has 0 radical (unpaired) electrons. The fraction of sp³-hybridized carbons (Fsp3) is 0.864. The Kier molecular flexibility index (Phi) is 8.24. The third-order valence-electron chi connectivity index (χ3n) is 19.0. The van der Waals surface area contributed by atoms with Crippen LogP contribution < -0.4 is 0 Å². The molecule has 12 heteroatoms. The van der Waals surface area contributed by atoms with Crippen LogP contribution in [0.2, 0.25) is 0 Å². The van der Waals surface area contributed by atoms with E-state index in [0.29, 0.717) is 32.1 Å². The van der Waals surface area contributed by atoms with Crippen LogP contribution in [0.5, 0.6) is 0 Å². The van der Waals surface area contributed by atoms with Crippen LogP contribution in [-0.2, 0) is 43.0 Å². The van der Waals surface area contributed by atoms with Crippen molar-refractivity contribution >= 4 is 35.8 Å². The molecule has 2 aliphatic heterocycles. The van der Waals surface area contributed by atoms with Gasteiger partial charge in [-0.25, -0.2) is 0 Å². The number of hydrogen-bond acceptors (Lipinski definition) is 11. The van der Waals surface area contributed by atoms with Crippen molar-refractivity contribution in [2.24, 2.45) is 136 Å². The summed E-state index contributed by atoms with van der Waals surface area (Å²) in [5, 5.41) is 31.8. The van der Waals surface area contributed by atoms with Crippen molar-refractivity contribution in [3.8, 4) is 0 Å². The molecule has 10 rings (SSSR count). The molecule has 12 nitrogen and oxygen atoms in total. The third kappa shape index (κ3) is 4.83. The molecule has 22 atom stereocenters. The van der Waals surface area contributed by atoms with Gasteiger partial charge in [0, 0.05) is 5.41 Å². The summed E-state index contributed by atoms with van der Waals surface area (Å²) in [4.78, 5) is 81.5. The minimum atomic E-state index is -0.808. The van der Waals surface area contributed by atoms with Gasteiger partial charge in [-0.15, -0.1) is 0 Å². The van der Waals surface area contributed by atoms with Crippen LogP contribution in [0.3, 0.4) is 0 Å². The molecule has 56 heavy (non-hydrogen) atoms. The maximum Gasteiger partial charge on any atom is 0.317 e. The van der Waals surface area contributed by atoms with Crippen molar-refractivity contribution in [2.45, 2.75) is 85.2 Å². The zero-order valence-corrected chi connectivity index (χ0v) is 33.1. The predicted octanol–water partition coefficient (Wildman–Crippen LogP) is 3.99. The summed E-state index contributed by atoms with van der Waals surface area (Å²) >= 11 is 0. The fourth-order valence-electron chi connectivity index (χ4n) is 17.7. The number of cyclic esters (lactones) is 4. The number of aliphatic hydroxyl groups is 2. The number of carbonyl (C=O) groups excluding carboxylic acids is 5. The van der Waals surface area contributed by atoms with E-state index in [0.717, 1.165) is 12.8 Å². The standard InChI is InChI=1S/C44H58O12/c1-15-20-6-17(8-23(20)37(47)48)27(15)34-26-10-19(12-44(26,13-45)14-46)30(34)35-36(42(53)55-41(35)52)31-22-7-18(9-24(22)38(49)56-43(3,4)5)29(31)28-16(2)21-11-25(28)33-32(21)39(50)54-40(33)51/h15-36,45-46H,6-14H2,1-5H3,(H,47,48). The van der Waals surface area contributed by atoms with E-state index in [-0.39, 0.29) is 114 Å². The van der Waals surface area contributed by atoms with E-state index in [4.69, 9.17) is 14.2 Å². The number of fused-ring (bicyclic) bond motifs is 11. The van der Waals surface area contributed by atoms with Crippen molar-refractivity contribution in [2.75, 3.05) is 13.2 Å². The quantitative estimate of drug-likeness (QED) is 0.183. The monoisotopic (exact) mass is 778 g/mol. The number of carboxylic acid groups (broad SMARTS) is 1. The van der Waals surface area contributed by atoms with Crippen molar-refractivity contribution in [3.05, 3.63) is 0 Å². The van der Waals surface area contributed by atoms with Gasteiger partial charge in [-0.2, -0.15) is 0 Å². The average molecular weight is 779 g/mol. The van der Waals surface area contributed by atoms with Crippen LogP contribution in [0.25, 0.3) is 0 Å². The number of hydrogen-bond donors (Lipinski definition) is 3. The van der Waals surface area contributed by atoms with Gasteiger partial charge in [0.05, 0.1) is 48.7 Å². The van der Waals surface area contributed by atoms with Gasteiger partial charge in [0.15, 0.2) is 0 Å². The molecule has 10 aliphatic rings. The highest BCUT2D eigenvalue weighted by Crippen LogP contribution is 2.74. The van der Waals surface area contributed by atoms with Crippen molar-refractivity contribution in [1.29, 1.82) is 0 Å². The van der Waals surface area contributed by atoms with E-state index in [2.05, 4.69) is 13.8 Å². The van der Waals surface area contributed by atoms with E-state index >= 15 is 0 Å². The number of carbonyl (C=O) groups is 6. The summed E-state index contributed by atoms with van der Waals surface area (Å²) in [5.74, 6) is -7.20. The highest BCUT2D eigenvalue weighted by Gasteiger charge is 2.74. The van der Waals surface area contributed by atoms with Crippen LogP contribution >= 0.6 is 0 Å². The van der Waals surface area contributed by atoms with Crippen molar-refractivity contribution in [1.82, 2.24) is 0 Å². The molecule has 0 aromatic rings. The number of aliphatic carboxylic acids is 1. The molecule has 22 unspecified atom stereocenters. The van der Waals surface area contributed by atoms with E-state index in [9.17, 15) is 44.1 Å². The maximum absolute atomic E-state index is 14.6. The normalized spacial score (nSPS) is 53.0. The number of ether oxygens (including phenoxy) is 3. The SMILES string of the molecule is CC1C2CC(CC2C(=O)O)C1C1C(C2C(=O)OC(=O)C2C2C3CC(CC3C(=O)OC(C)(C)C)C2C2C(C)C3CC2C2C(=O)OC(=O)C32)C2CC1C(CO)(CO)C2. The molecular weight excluding hydrogens is 720 g/mol. The first kappa shape index (κ1) is 37.4. The predicted molar refractivity (Wildman–Crippen MR) is 193 cm³/mol. The Labute approximate surface area is 327 Å². The molecule has 0 amide bonds. The molecule has 306 valence electrons. The van der Waals surface area contributed by atoms with E-state index < -0.39 is 76.4 Å². The molecule has 0 spiro atoms. The third-order valence-corrected chi connectivity index (χ3v) is 19.0. The molecular formula is C44H58O12. The first-order chi connectivity index (χ1) is 26.5. The first-order valence-electron chi connectivity index (χ1n) is 21.7. The Morgan fingerprint density at radius 3 is 1.79 bits per heavy atom. The van der Waals surface area contributed by atoms with Gasteiger partial charge in [-0.1, -0.05) is 13.8 Å². The summed E-state index contributed by atoms with van der Waals surface area (Å²) in [5.41, 5.74) is -1.43. The molecule has 8 saturated carbocycles. The molecule has 10 fully saturated rings. The number of aliphatic hydroxyl groups excluding tert-OH is 2. The maximum atomic E-state index is 14.6. The van der Waals surface area contributed by atoms with Crippen LogP contribution in [0.1, 0.15) is 79.6 Å². The van der Waals surface area contributed by atoms with Crippen LogP contribution in [0.15, 0.2) is 0 Å². The van der Waals surface area contributed by atoms with Gasteiger partial charge >= 0.3 is 35.8 Å². The van der Waals surface area contributed by atoms with E-state index in [1.54, 1.807) is 0 Å². The minimum absolute atomic E-state index is 0.00252. The lowest BCUT2D eigenvalue weighted by atomic mass is 9.51. The molecule has 0 aromatic heterocycles. The van der Waals surface area contributed by atoms with Gasteiger partial charge in [-0.3, -0.25) is 28.8 Å². The number of esters is 5. The second-order valence-electron chi connectivity index (χ2n) is 21.7. The molecule has 2 heterocycles. The zero-order chi connectivity index (χ0) is 39.7. The van der Waals surface area contributed by atoms with Crippen LogP contribution in [0, 0.1) is 136 Å². The highest BCUT2D eigenvalue weighted by atomic mass is 16.6. The second-order valence-corrected chi connectivity index (χ2v) is 21.7. The molecule has 8 aliphatic carbocycles. The average Bonchev–Trinajstić information content (AvgIpc) is 3.98. The Balaban J connectivity index is 1.05. The van der Waals surface area contributed by atoms with Crippen molar-refractivity contribution < 1.29 is 58.3 Å². The van der Waals surface area contributed by atoms with Gasteiger partial charge in [-0.05, 0) is 160 Å². The zero-order valence-electron chi connectivity index (χ0n) is 33.1. The molecule has 8 bridgehead atoms. The Bertz CT molecular complexity index is 1760. The summed E-state index contributed by atoms with van der Waals surface area (Å²) < 4.78 is 17.0. The summed E-state index contributed by atoms with van der Waals surface area (Å²) in [6.45, 7) is 9.49. The van der Waals surface area contributed by atoms with E-state index in [1.807, 2.05) is 20.8 Å². The lowest BCUT2D eigenvalue weighted by molar-refractivity contribution is -0.166. The number of rotatable bonds is 8. The second kappa shape index (κ2) is 12.3. The largest absolute Gasteiger partial charge is 0.481 e. The Morgan fingerprint density at radius 2 is 1.18 bits per heavy atom. The first-order valence-corrected chi connectivity index (χ1v) is 21.7. The van der Waals surface area contributed by atoms with Gasteiger partial charge in [0.1, 0.15) is 5.60 Å². The van der Waals surface area contributed by atoms with Crippen molar-refractivity contribution in [3.63, 3.8) is 0 Å². The van der Waals surface area contributed by atoms with Crippen LogP contribution in [0.4, 0.5) is 0 Å². The molecule has 3 N–H and O–H groups in total. The summed E-state index contributed by atoms with van der Waals surface area (Å²) in [6.07, 6.45) is 4.68. The van der Waals surface area contributed by atoms with Crippen LogP contribution in [-0.4, -0.2) is 70.0 Å². The molecule has 0 aromatic carbocycles. The smallest absolute Gasteiger partial charge is 0.317 e. The Morgan fingerprint density at radius 1 is 0.625 bits per heavy atom. The lowest BCUT2D eigenvalue weighted by Gasteiger charge is -2.51.